The average Bonchev–Trinajstić information content (AvgIpc) is 3.13. The van der Waals surface area contributed by atoms with Crippen molar-refractivity contribution in [3.8, 4) is 11.3 Å². The third-order valence-electron chi connectivity index (χ3n) is 4.80. The molecule has 1 aromatic carbocycles. The number of aromatic nitrogens is 4. The van der Waals surface area contributed by atoms with Crippen LogP contribution >= 0.6 is 0 Å². The summed E-state index contributed by atoms with van der Waals surface area (Å²) < 4.78 is 15.1. The van der Waals surface area contributed by atoms with Gasteiger partial charge in [0, 0.05) is 47.7 Å². The second kappa shape index (κ2) is 7.76. The lowest BCUT2D eigenvalue weighted by molar-refractivity contribution is 0.628. The van der Waals surface area contributed by atoms with E-state index < -0.39 is 0 Å². The first kappa shape index (κ1) is 18.1. The highest BCUT2D eigenvalue weighted by atomic mass is 19.1. The Bertz CT molecular complexity index is 1090. The van der Waals surface area contributed by atoms with E-state index in [-0.39, 0.29) is 5.82 Å². The van der Waals surface area contributed by atoms with Crippen molar-refractivity contribution in [1.29, 1.82) is 0 Å². The van der Waals surface area contributed by atoms with Crippen LogP contribution in [0.1, 0.15) is 23.9 Å². The number of rotatable bonds is 6. The first-order chi connectivity index (χ1) is 13.7. The van der Waals surface area contributed by atoms with Crippen LogP contribution in [0.15, 0.2) is 54.7 Å². The third kappa shape index (κ3) is 3.58. The van der Waals surface area contributed by atoms with Crippen LogP contribution in [-0.2, 0) is 12.8 Å². The van der Waals surface area contributed by atoms with E-state index in [1.807, 2.05) is 41.9 Å². The van der Waals surface area contributed by atoms with Crippen LogP contribution in [0.4, 0.5) is 10.2 Å². The van der Waals surface area contributed by atoms with Gasteiger partial charge >= 0.3 is 0 Å². The van der Waals surface area contributed by atoms with Gasteiger partial charge in [0.2, 0.25) is 0 Å². The average molecular weight is 375 g/mol. The predicted octanol–water partition coefficient (Wildman–Crippen LogP) is 4.46. The molecule has 3 heterocycles. The van der Waals surface area contributed by atoms with Crippen LogP contribution in [0.25, 0.3) is 16.9 Å². The number of anilines is 1. The van der Waals surface area contributed by atoms with Gasteiger partial charge in [-0.15, -0.1) is 0 Å². The fourth-order valence-electron chi connectivity index (χ4n) is 3.38. The number of pyridine rings is 1. The quantitative estimate of drug-likeness (QED) is 0.541. The zero-order chi connectivity index (χ0) is 19.5. The van der Waals surface area contributed by atoms with Gasteiger partial charge in [-0.1, -0.05) is 13.0 Å². The van der Waals surface area contributed by atoms with E-state index >= 15 is 0 Å². The molecule has 1 N–H and O–H groups in total. The van der Waals surface area contributed by atoms with Gasteiger partial charge in [0.15, 0.2) is 5.65 Å². The van der Waals surface area contributed by atoms with Crippen molar-refractivity contribution in [2.75, 3.05) is 11.9 Å². The number of nitrogens with one attached hydrogen (secondary N) is 1. The molecule has 0 radical (unpaired) electrons. The minimum atomic E-state index is -0.258. The highest BCUT2D eigenvalue weighted by Crippen LogP contribution is 2.25. The van der Waals surface area contributed by atoms with E-state index in [0.717, 1.165) is 59.1 Å². The summed E-state index contributed by atoms with van der Waals surface area (Å²) >= 11 is 0. The van der Waals surface area contributed by atoms with Gasteiger partial charge in [0.1, 0.15) is 11.6 Å². The van der Waals surface area contributed by atoms with E-state index in [1.54, 1.807) is 12.1 Å². The molecule has 6 heteroatoms. The molecule has 0 saturated heterocycles. The summed E-state index contributed by atoms with van der Waals surface area (Å²) in [6.07, 6.45) is 3.48. The molecule has 0 aliphatic carbocycles. The number of halogens is 1. The van der Waals surface area contributed by atoms with Crippen molar-refractivity contribution in [2.45, 2.75) is 26.7 Å². The van der Waals surface area contributed by atoms with E-state index in [4.69, 9.17) is 10.1 Å². The number of hydrogen-bond acceptors (Lipinski definition) is 4. The Morgan fingerprint density at radius 2 is 1.93 bits per heavy atom. The van der Waals surface area contributed by atoms with Gasteiger partial charge in [-0.05, 0) is 49.7 Å². The van der Waals surface area contributed by atoms with Crippen LogP contribution in [0.3, 0.4) is 0 Å². The lowest BCUT2D eigenvalue weighted by atomic mass is 10.1. The van der Waals surface area contributed by atoms with E-state index in [1.165, 1.54) is 12.1 Å². The minimum Gasteiger partial charge on any atom is -0.369 e. The largest absolute Gasteiger partial charge is 0.369 e. The Morgan fingerprint density at radius 1 is 1.11 bits per heavy atom. The Balaban J connectivity index is 1.69. The molecule has 0 atom stereocenters. The highest BCUT2D eigenvalue weighted by molar-refractivity contribution is 5.66. The summed E-state index contributed by atoms with van der Waals surface area (Å²) in [5.74, 6) is 0.695. The Labute approximate surface area is 163 Å². The van der Waals surface area contributed by atoms with Crippen molar-refractivity contribution in [2.24, 2.45) is 0 Å². The predicted molar refractivity (Wildman–Crippen MR) is 109 cm³/mol. The van der Waals surface area contributed by atoms with E-state index in [9.17, 15) is 4.39 Å². The van der Waals surface area contributed by atoms with E-state index in [0.29, 0.717) is 0 Å². The van der Waals surface area contributed by atoms with Crippen molar-refractivity contribution in [1.82, 2.24) is 19.6 Å². The van der Waals surface area contributed by atoms with Crippen LogP contribution in [0.5, 0.6) is 0 Å². The highest BCUT2D eigenvalue weighted by Gasteiger charge is 2.15. The molecule has 28 heavy (non-hydrogen) atoms. The van der Waals surface area contributed by atoms with Crippen LogP contribution in [0.2, 0.25) is 0 Å². The summed E-state index contributed by atoms with van der Waals surface area (Å²) in [4.78, 5) is 9.09. The second-order valence-corrected chi connectivity index (χ2v) is 6.68. The minimum absolute atomic E-state index is 0.258. The molecular weight excluding hydrogens is 353 g/mol. The van der Waals surface area contributed by atoms with Crippen molar-refractivity contribution in [3.63, 3.8) is 0 Å². The Morgan fingerprint density at radius 3 is 2.64 bits per heavy atom. The number of aryl methyl sites for hydroxylation is 1. The molecular formula is C22H22FN5. The molecule has 0 fully saturated rings. The van der Waals surface area contributed by atoms with Crippen LogP contribution in [-0.4, -0.2) is 26.1 Å². The monoisotopic (exact) mass is 375 g/mol. The zero-order valence-electron chi connectivity index (χ0n) is 16.0. The number of benzene rings is 1. The van der Waals surface area contributed by atoms with E-state index in [2.05, 4.69) is 17.2 Å². The maximum Gasteiger partial charge on any atom is 0.158 e. The lowest BCUT2D eigenvalue weighted by Gasteiger charge is -2.14. The number of fused-ring (bicyclic) bond motifs is 1. The maximum absolute atomic E-state index is 13.2. The second-order valence-electron chi connectivity index (χ2n) is 6.68. The summed E-state index contributed by atoms with van der Waals surface area (Å²) in [6, 6.07) is 14.2. The molecule has 0 saturated carbocycles. The Hall–Kier alpha value is -3.28. The van der Waals surface area contributed by atoms with Gasteiger partial charge in [-0.25, -0.2) is 9.37 Å². The normalized spacial score (nSPS) is 11.1. The van der Waals surface area contributed by atoms with Crippen LogP contribution < -0.4 is 5.32 Å². The molecule has 0 aliphatic heterocycles. The fraction of sp³-hybridized carbons (Fsp3) is 0.227. The summed E-state index contributed by atoms with van der Waals surface area (Å²) in [5, 5.41) is 8.27. The van der Waals surface area contributed by atoms with Gasteiger partial charge in [-0.3, -0.25) is 4.98 Å². The standard InChI is InChI=1S/C22H22FN5/c1-3-19-15(2)26-21-14-20(16-7-9-17(23)10-8-16)27-28(21)22(19)25-13-11-18-6-4-5-12-24-18/h4-10,12,14,25H,3,11,13H2,1-2H3. The summed E-state index contributed by atoms with van der Waals surface area (Å²) in [7, 11) is 0. The Kier molecular flexibility index (Phi) is 5.02. The molecule has 0 unspecified atom stereocenters. The first-order valence-electron chi connectivity index (χ1n) is 9.44. The molecule has 142 valence electrons. The molecule has 4 aromatic rings. The topological polar surface area (TPSA) is 55.1 Å². The molecule has 0 bridgehead atoms. The third-order valence-corrected chi connectivity index (χ3v) is 4.80. The molecule has 0 spiro atoms. The molecule has 5 nitrogen and oxygen atoms in total. The van der Waals surface area contributed by atoms with Gasteiger partial charge < -0.3 is 5.32 Å². The van der Waals surface area contributed by atoms with Gasteiger partial charge in [0.05, 0.1) is 5.69 Å². The van der Waals surface area contributed by atoms with Crippen molar-refractivity contribution in [3.05, 3.63) is 77.5 Å². The molecule has 4 rings (SSSR count). The van der Waals surface area contributed by atoms with Crippen molar-refractivity contribution >= 4 is 11.5 Å². The van der Waals surface area contributed by atoms with Gasteiger partial charge in [0.25, 0.3) is 0 Å². The molecule has 3 aromatic heterocycles. The smallest absolute Gasteiger partial charge is 0.158 e. The number of hydrogen-bond donors (Lipinski definition) is 1. The summed E-state index contributed by atoms with van der Waals surface area (Å²) in [6.45, 7) is 4.88. The van der Waals surface area contributed by atoms with Crippen LogP contribution in [0, 0.1) is 12.7 Å². The fourth-order valence-corrected chi connectivity index (χ4v) is 3.38. The lowest BCUT2D eigenvalue weighted by Crippen LogP contribution is -2.14. The molecule has 0 amide bonds. The number of nitrogens with zero attached hydrogens (tertiary/aromatic N) is 4. The zero-order valence-corrected chi connectivity index (χ0v) is 16.0. The van der Waals surface area contributed by atoms with Gasteiger partial charge in [-0.2, -0.15) is 9.61 Å². The first-order valence-corrected chi connectivity index (χ1v) is 9.44. The molecule has 0 aliphatic rings. The van der Waals surface area contributed by atoms with Crippen molar-refractivity contribution < 1.29 is 4.39 Å². The SMILES string of the molecule is CCc1c(C)nc2cc(-c3ccc(F)cc3)nn2c1NCCc1ccccn1. The summed E-state index contributed by atoms with van der Waals surface area (Å²) in [5.41, 5.74) is 5.58. The maximum atomic E-state index is 13.2.